The summed E-state index contributed by atoms with van der Waals surface area (Å²) in [7, 11) is 1.03. The van der Waals surface area contributed by atoms with Gasteiger partial charge in [-0.05, 0) is 39.3 Å². The van der Waals surface area contributed by atoms with E-state index in [2.05, 4.69) is 61.6 Å². The standard InChI is InChI=1S/C27H32ClN8O2P/c1-16(2)36-10-8-22-18(13-31-35(22)3)17-11-21(24(38-4)12-23(17)36)33-27-30-14-19(28)26(34-27)32-20-7-9-29-15-25(20)39(5,6)37/h7,9,11-16H,8,10H2,1-6H3,(H2,29,30,32,33,34). The Morgan fingerprint density at radius 2 is 1.90 bits per heavy atom. The molecule has 0 saturated heterocycles. The zero-order valence-corrected chi connectivity index (χ0v) is 24.5. The fraction of sp³-hybridized carbons (Fsp3) is 0.333. The molecule has 4 heterocycles. The Kier molecular flexibility index (Phi) is 7.27. The number of fused-ring (bicyclic) bond motifs is 3. The number of anilines is 5. The number of rotatable bonds is 7. The van der Waals surface area contributed by atoms with Crippen LogP contribution in [0.5, 0.6) is 5.75 Å². The van der Waals surface area contributed by atoms with Crippen LogP contribution in [0.1, 0.15) is 19.5 Å². The first-order chi connectivity index (χ1) is 18.6. The maximum Gasteiger partial charge on any atom is 0.229 e. The van der Waals surface area contributed by atoms with E-state index in [1.807, 2.05) is 17.9 Å². The van der Waals surface area contributed by atoms with E-state index in [-0.39, 0.29) is 0 Å². The van der Waals surface area contributed by atoms with Crippen molar-refractivity contribution in [2.45, 2.75) is 26.3 Å². The van der Waals surface area contributed by atoms with Crippen LogP contribution in [-0.4, -0.2) is 57.8 Å². The molecule has 0 unspecified atom stereocenters. The summed E-state index contributed by atoms with van der Waals surface area (Å²) in [6.45, 7) is 8.65. The third-order valence-corrected chi connectivity index (χ3v) is 8.61. The molecule has 3 aromatic heterocycles. The average Bonchev–Trinajstić information content (AvgIpc) is 3.17. The maximum atomic E-state index is 12.8. The van der Waals surface area contributed by atoms with Crippen LogP contribution in [-0.2, 0) is 18.0 Å². The van der Waals surface area contributed by atoms with Crippen LogP contribution in [0.4, 0.5) is 28.8 Å². The first-order valence-corrected chi connectivity index (χ1v) is 15.6. The summed E-state index contributed by atoms with van der Waals surface area (Å²) in [6, 6.07) is 6.17. The van der Waals surface area contributed by atoms with E-state index in [9.17, 15) is 4.57 Å². The van der Waals surface area contributed by atoms with Gasteiger partial charge in [-0.3, -0.25) is 9.67 Å². The van der Waals surface area contributed by atoms with E-state index >= 15 is 0 Å². The molecule has 0 fully saturated rings. The number of aryl methyl sites for hydroxylation is 1. The highest BCUT2D eigenvalue weighted by atomic mass is 35.5. The summed E-state index contributed by atoms with van der Waals surface area (Å²) >= 11 is 6.45. The zero-order chi connectivity index (χ0) is 27.9. The lowest BCUT2D eigenvalue weighted by atomic mass is 10.0. The van der Waals surface area contributed by atoms with Gasteiger partial charge in [-0.2, -0.15) is 10.1 Å². The molecular formula is C27H32ClN8O2P. The normalized spacial score (nSPS) is 13.1. The molecule has 204 valence electrons. The van der Waals surface area contributed by atoms with Crippen molar-refractivity contribution in [2.75, 3.05) is 42.5 Å². The number of halogens is 1. The summed E-state index contributed by atoms with van der Waals surface area (Å²) in [6.07, 6.45) is 7.56. The lowest BCUT2D eigenvalue weighted by molar-refractivity contribution is 0.416. The molecule has 1 aromatic carbocycles. The van der Waals surface area contributed by atoms with Gasteiger partial charge in [-0.25, -0.2) is 4.98 Å². The second-order valence-electron chi connectivity index (χ2n) is 10.1. The minimum atomic E-state index is -2.59. The Bertz CT molecular complexity index is 1580. The van der Waals surface area contributed by atoms with Crippen LogP contribution in [0, 0.1) is 0 Å². The summed E-state index contributed by atoms with van der Waals surface area (Å²) in [4.78, 5) is 15.5. The van der Waals surface area contributed by atoms with Crippen molar-refractivity contribution in [1.29, 1.82) is 0 Å². The van der Waals surface area contributed by atoms with E-state index in [0.717, 1.165) is 29.8 Å². The molecule has 0 spiro atoms. The predicted octanol–water partition coefficient (Wildman–Crippen LogP) is 5.44. The molecule has 2 N–H and O–H groups in total. The molecule has 0 bridgehead atoms. The summed E-state index contributed by atoms with van der Waals surface area (Å²) in [5.41, 5.74) is 5.76. The summed E-state index contributed by atoms with van der Waals surface area (Å²) in [5, 5.41) is 12.0. The second kappa shape index (κ2) is 10.5. The zero-order valence-electron chi connectivity index (χ0n) is 22.9. The van der Waals surface area contributed by atoms with Crippen molar-refractivity contribution in [3.05, 3.63) is 53.7 Å². The third kappa shape index (κ3) is 5.31. The van der Waals surface area contributed by atoms with Crippen LogP contribution in [0.3, 0.4) is 0 Å². The molecular weight excluding hydrogens is 535 g/mol. The predicted molar refractivity (Wildman–Crippen MR) is 158 cm³/mol. The van der Waals surface area contributed by atoms with Crippen molar-refractivity contribution < 1.29 is 9.30 Å². The number of hydrogen-bond acceptors (Lipinski definition) is 9. The van der Waals surface area contributed by atoms with Crippen molar-refractivity contribution in [3.8, 4) is 16.9 Å². The van der Waals surface area contributed by atoms with Crippen molar-refractivity contribution in [2.24, 2.45) is 7.05 Å². The van der Waals surface area contributed by atoms with Crippen LogP contribution in [0.2, 0.25) is 5.02 Å². The molecule has 0 atom stereocenters. The van der Waals surface area contributed by atoms with E-state index in [1.54, 1.807) is 38.9 Å². The summed E-state index contributed by atoms with van der Waals surface area (Å²) in [5.74, 6) is 1.37. The van der Waals surface area contributed by atoms with Gasteiger partial charge in [-0.15, -0.1) is 0 Å². The Hall–Kier alpha value is -3.62. The molecule has 1 aliphatic heterocycles. The van der Waals surface area contributed by atoms with Gasteiger partial charge >= 0.3 is 0 Å². The van der Waals surface area contributed by atoms with E-state index in [1.165, 1.54) is 11.9 Å². The minimum absolute atomic E-state index is 0.308. The number of methoxy groups -OCH3 is 1. The molecule has 4 aromatic rings. The van der Waals surface area contributed by atoms with Gasteiger partial charge in [0.25, 0.3) is 0 Å². The average molecular weight is 567 g/mol. The second-order valence-corrected chi connectivity index (χ2v) is 13.7. The minimum Gasteiger partial charge on any atom is -0.494 e. The van der Waals surface area contributed by atoms with Gasteiger partial charge in [0.1, 0.15) is 17.9 Å². The molecule has 1 aliphatic rings. The van der Waals surface area contributed by atoms with Gasteiger partial charge in [0.05, 0.1) is 36.2 Å². The Balaban J connectivity index is 1.55. The first-order valence-electron chi connectivity index (χ1n) is 12.6. The maximum absolute atomic E-state index is 12.8. The lowest BCUT2D eigenvalue weighted by Gasteiger charge is -2.30. The highest BCUT2D eigenvalue weighted by Gasteiger charge is 2.26. The molecule has 39 heavy (non-hydrogen) atoms. The number of hydrogen-bond donors (Lipinski definition) is 2. The van der Waals surface area contributed by atoms with Crippen molar-refractivity contribution in [1.82, 2.24) is 24.7 Å². The molecule has 0 aliphatic carbocycles. The highest BCUT2D eigenvalue weighted by molar-refractivity contribution is 7.70. The molecule has 12 heteroatoms. The molecule has 5 rings (SSSR count). The highest BCUT2D eigenvalue weighted by Crippen LogP contribution is 2.44. The third-order valence-electron chi connectivity index (χ3n) is 6.82. The Morgan fingerprint density at radius 3 is 2.62 bits per heavy atom. The monoisotopic (exact) mass is 566 g/mol. The molecule has 0 radical (unpaired) electrons. The van der Waals surface area contributed by atoms with Crippen molar-refractivity contribution >= 4 is 52.9 Å². The van der Waals surface area contributed by atoms with Gasteiger partial charge < -0.3 is 24.8 Å². The van der Waals surface area contributed by atoms with Crippen LogP contribution in [0.25, 0.3) is 11.1 Å². The SMILES string of the molecule is COc1cc2c(cc1Nc1ncc(Cl)c(Nc3ccncc3P(C)(C)=O)n1)-c1cnn(C)c1CCN2C(C)C. The van der Waals surface area contributed by atoms with Gasteiger partial charge in [0.2, 0.25) is 5.95 Å². The molecule has 0 saturated carbocycles. The largest absolute Gasteiger partial charge is 0.494 e. The lowest BCUT2D eigenvalue weighted by Crippen LogP contribution is -2.32. The van der Waals surface area contributed by atoms with Crippen LogP contribution in [0.15, 0.2) is 43.0 Å². The smallest absolute Gasteiger partial charge is 0.229 e. The number of aromatic nitrogens is 5. The topological polar surface area (TPSA) is 110 Å². The Labute approximate surface area is 233 Å². The fourth-order valence-corrected chi connectivity index (χ4v) is 6.03. The molecule has 0 amide bonds. The van der Waals surface area contributed by atoms with Crippen molar-refractivity contribution in [3.63, 3.8) is 0 Å². The fourth-order valence-electron chi connectivity index (χ4n) is 4.84. The van der Waals surface area contributed by atoms with Crippen LogP contribution >= 0.6 is 18.7 Å². The first kappa shape index (κ1) is 27.0. The quantitative estimate of drug-likeness (QED) is 0.282. The number of nitrogens with zero attached hydrogens (tertiary/aromatic N) is 6. The molecule has 10 nitrogen and oxygen atoms in total. The van der Waals surface area contributed by atoms with E-state index in [0.29, 0.717) is 45.3 Å². The Morgan fingerprint density at radius 1 is 1.10 bits per heavy atom. The van der Waals surface area contributed by atoms with Gasteiger partial charge in [0, 0.05) is 67.0 Å². The number of ether oxygens (including phenoxy) is 1. The number of benzene rings is 1. The van der Waals surface area contributed by atoms with Gasteiger partial charge in [-0.1, -0.05) is 11.6 Å². The van der Waals surface area contributed by atoms with E-state index < -0.39 is 7.14 Å². The van der Waals surface area contributed by atoms with E-state index in [4.69, 9.17) is 16.3 Å². The number of pyridine rings is 1. The van der Waals surface area contributed by atoms with Gasteiger partial charge in [0.15, 0.2) is 5.82 Å². The summed E-state index contributed by atoms with van der Waals surface area (Å²) < 4.78 is 20.6. The van der Waals surface area contributed by atoms with Crippen LogP contribution < -0.4 is 25.6 Å². The number of nitrogens with one attached hydrogen (secondary N) is 2.